The molecule has 3 N–H and O–H groups in total. The van der Waals surface area contributed by atoms with Crippen LogP contribution in [0, 0.1) is 23.0 Å². The van der Waals surface area contributed by atoms with Gasteiger partial charge in [0.15, 0.2) is 6.10 Å². The number of aliphatic hydroxyl groups is 1. The highest BCUT2D eigenvalue weighted by Gasteiger charge is 2.42. The van der Waals surface area contributed by atoms with Gasteiger partial charge in [-0.15, -0.1) is 0 Å². The van der Waals surface area contributed by atoms with Crippen molar-refractivity contribution in [3.8, 4) is 28.3 Å². The molecular weight excluding hydrogens is 515 g/mol. The summed E-state index contributed by atoms with van der Waals surface area (Å²) in [5.41, 5.74) is 7.45. The minimum Gasteiger partial charge on any atom is -0.379 e. The Morgan fingerprint density at radius 2 is 1.67 bits per heavy atom. The van der Waals surface area contributed by atoms with Crippen molar-refractivity contribution in [1.29, 1.82) is 5.26 Å². The average molecular weight is 539 g/mol. The fraction of sp³-hybridized carbons (Fsp3) is 0.241. The highest BCUT2D eigenvalue weighted by molar-refractivity contribution is 6.02. The first-order valence-electron chi connectivity index (χ1n) is 12.2. The largest absolute Gasteiger partial charge is 0.418 e. The number of rotatable bonds is 4. The van der Waals surface area contributed by atoms with E-state index in [9.17, 15) is 32.3 Å². The van der Waals surface area contributed by atoms with Gasteiger partial charge in [-0.05, 0) is 59.9 Å². The van der Waals surface area contributed by atoms with E-state index in [4.69, 9.17) is 5.73 Å². The average Bonchev–Trinajstić information content (AvgIpc) is 2.90. The lowest BCUT2D eigenvalue weighted by Gasteiger charge is -2.34. The van der Waals surface area contributed by atoms with Crippen molar-refractivity contribution >= 4 is 16.6 Å². The van der Waals surface area contributed by atoms with Gasteiger partial charge >= 0.3 is 6.18 Å². The molecule has 1 aliphatic rings. The van der Waals surface area contributed by atoms with Crippen LogP contribution in [0.2, 0.25) is 0 Å². The van der Waals surface area contributed by atoms with E-state index in [0.717, 1.165) is 6.07 Å². The van der Waals surface area contributed by atoms with Gasteiger partial charge in [0.2, 0.25) is 0 Å². The molecule has 1 saturated heterocycles. The Labute approximate surface area is 220 Å². The van der Waals surface area contributed by atoms with Crippen LogP contribution in [0.25, 0.3) is 33.2 Å². The minimum atomic E-state index is -4.99. The monoisotopic (exact) mass is 538 g/mol. The fourth-order valence-corrected chi connectivity index (χ4v) is 5.10. The third kappa shape index (κ3) is 5.15. The standard InChI is InChI=1S/C29H23F5N4O/c30-19-10-18(11-20(31)13-19)24-15-37-25-5-4-16(12-23(25)27(24)38-8-6-21(36)7-9-38)22-3-1-2-17(14-35)26(22)28(39)29(32,33)34/h1-5,10-13,15,21,28,39H,6-9,36H2. The smallest absolute Gasteiger partial charge is 0.379 e. The van der Waals surface area contributed by atoms with Crippen LogP contribution in [0.15, 0.2) is 60.8 Å². The van der Waals surface area contributed by atoms with Gasteiger partial charge in [0.1, 0.15) is 11.6 Å². The summed E-state index contributed by atoms with van der Waals surface area (Å²) in [6.07, 6.45) is -5.00. The van der Waals surface area contributed by atoms with Gasteiger partial charge in [0, 0.05) is 47.9 Å². The summed E-state index contributed by atoms with van der Waals surface area (Å²) in [5, 5.41) is 20.2. The maximum Gasteiger partial charge on any atom is 0.418 e. The van der Waals surface area contributed by atoms with Crippen molar-refractivity contribution in [2.45, 2.75) is 31.2 Å². The molecule has 200 valence electrons. The predicted molar refractivity (Wildman–Crippen MR) is 138 cm³/mol. The van der Waals surface area contributed by atoms with Gasteiger partial charge in [-0.25, -0.2) is 8.78 Å². The Hall–Kier alpha value is -4.07. The Kier molecular flexibility index (Phi) is 6.97. The number of pyridine rings is 1. The molecule has 4 aromatic rings. The van der Waals surface area contributed by atoms with Crippen LogP contribution in [0.3, 0.4) is 0 Å². The van der Waals surface area contributed by atoms with E-state index in [1.54, 1.807) is 24.3 Å². The van der Waals surface area contributed by atoms with E-state index in [-0.39, 0.29) is 22.7 Å². The number of fused-ring (bicyclic) bond motifs is 1. The van der Waals surface area contributed by atoms with Crippen LogP contribution < -0.4 is 10.6 Å². The van der Waals surface area contributed by atoms with Crippen LogP contribution in [-0.4, -0.2) is 35.4 Å². The number of anilines is 1. The molecule has 0 bridgehead atoms. The second-order valence-corrected chi connectivity index (χ2v) is 9.56. The molecule has 0 amide bonds. The molecule has 39 heavy (non-hydrogen) atoms. The van der Waals surface area contributed by atoms with Crippen LogP contribution in [0.4, 0.5) is 27.6 Å². The Bertz CT molecular complexity index is 1570. The first-order valence-corrected chi connectivity index (χ1v) is 12.2. The molecule has 0 radical (unpaired) electrons. The molecule has 2 heterocycles. The van der Waals surface area contributed by atoms with Gasteiger partial charge in [-0.2, -0.15) is 18.4 Å². The molecule has 5 nitrogen and oxygen atoms in total. The molecule has 0 saturated carbocycles. The van der Waals surface area contributed by atoms with Crippen LogP contribution in [0.5, 0.6) is 0 Å². The second-order valence-electron chi connectivity index (χ2n) is 9.56. The first-order chi connectivity index (χ1) is 18.6. The lowest BCUT2D eigenvalue weighted by Crippen LogP contribution is -2.40. The molecule has 1 aromatic heterocycles. The van der Waals surface area contributed by atoms with Crippen LogP contribution >= 0.6 is 0 Å². The zero-order chi connectivity index (χ0) is 27.9. The quantitative estimate of drug-likeness (QED) is 0.301. The Balaban J connectivity index is 1.77. The van der Waals surface area contributed by atoms with Gasteiger partial charge in [0.05, 0.1) is 22.8 Å². The molecule has 1 unspecified atom stereocenters. The first kappa shape index (κ1) is 26.5. The molecule has 1 aliphatic heterocycles. The van der Waals surface area contributed by atoms with Crippen LogP contribution in [0.1, 0.15) is 30.1 Å². The summed E-state index contributed by atoms with van der Waals surface area (Å²) in [6, 6.07) is 13.8. The summed E-state index contributed by atoms with van der Waals surface area (Å²) >= 11 is 0. The molecule has 1 fully saturated rings. The number of nitriles is 1. The fourth-order valence-electron chi connectivity index (χ4n) is 5.10. The van der Waals surface area contributed by atoms with Crippen LogP contribution in [-0.2, 0) is 0 Å². The minimum absolute atomic E-state index is 0.000104. The molecule has 5 rings (SSSR count). The number of benzene rings is 3. The predicted octanol–water partition coefficient (Wildman–Crippen LogP) is 6.24. The third-order valence-corrected chi connectivity index (χ3v) is 6.99. The van der Waals surface area contributed by atoms with Crippen molar-refractivity contribution in [2.75, 3.05) is 18.0 Å². The van der Waals surface area contributed by atoms with Gasteiger partial charge in [0.25, 0.3) is 0 Å². The number of nitrogens with two attached hydrogens (primary N) is 1. The van der Waals surface area contributed by atoms with Crippen molar-refractivity contribution in [3.63, 3.8) is 0 Å². The number of hydrogen-bond acceptors (Lipinski definition) is 5. The number of piperidine rings is 1. The maximum absolute atomic E-state index is 14.2. The van der Waals surface area contributed by atoms with Gasteiger partial charge < -0.3 is 15.7 Å². The summed E-state index contributed by atoms with van der Waals surface area (Å²) in [5.74, 6) is -1.52. The van der Waals surface area contributed by atoms with Crippen molar-refractivity contribution < 1.29 is 27.1 Å². The lowest BCUT2D eigenvalue weighted by atomic mass is 9.90. The molecular formula is C29H23F5N4O. The zero-order valence-corrected chi connectivity index (χ0v) is 20.5. The topological polar surface area (TPSA) is 86.2 Å². The second kappa shape index (κ2) is 10.2. The van der Waals surface area contributed by atoms with E-state index in [1.807, 2.05) is 4.90 Å². The van der Waals surface area contributed by atoms with E-state index in [1.165, 1.54) is 36.5 Å². The number of aliphatic hydroxyl groups excluding tert-OH is 1. The van der Waals surface area contributed by atoms with E-state index in [0.29, 0.717) is 53.6 Å². The summed E-state index contributed by atoms with van der Waals surface area (Å²) in [7, 11) is 0. The number of halogens is 5. The number of aromatic nitrogens is 1. The number of nitrogens with zero attached hydrogens (tertiary/aromatic N) is 3. The maximum atomic E-state index is 14.2. The Morgan fingerprint density at radius 3 is 2.31 bits per heavy atom. The molecule has 3 aromatic carbocycles. The van der Waals surface area contributed by atoms with Crippen molar-refractivity contribution in [1.82, 2.24) is 4.98 Å². The molecule has 10 heteroatoms. The molecule has 1 atom stereocenters. The number of alkyl halides is 3. The molecule has 0 aliphatic carbocycles. The van der Waals surface area contributed by atoms with Gasteiger partial charge in [-0.3, -0.25) is 4.98 Å². The van der Waals surface area contributed by atoms with E-state index >= 15 is 0 Å². The van der Waals surface area contributed by atoms with E-state index < -0.39 is 29.5 Å². The van der Waals surface area contributed by atoms with Crippen molar-refractivity contribution in [3.05, 3.63) is 83.6 Å². The molecule has 0 spiro atoms. The van der Waals surface area contributed by atoms with E-state index in [2.05, 4.69) is 4.98 Å². The lowest BCUT2D eigenvalue weighted by molar-refractivity contribution is -0.206. The summed E-state index contributed by atoms with van der Waals surface area (Å²) in [4.78, 5) is 6.51. The highest BCUT2D eigenvalue weighted by Crippen LogP contribution is 2.43. The Morgan fingerprint density at radius 1 is 0.974 bits per heavy atom. The van der Waals surface area contributed by atoms with Gasteiger partial charge in [-0.1, -0.05) is 18.2 Å². The summed E-state index contributed by atoms with van der Waals surface area (Å²) < 4.78 is 69.2. The highest BCUT2D eigenvalue weighted by atomic mass is 19.4. The SMILES string of the molecule is N#Cc1cccc(-c2ccc3ncc(-c4cc(F)cc(F)c4)c(N4CCC(N)CC4)c3c2)c1C(O)C(F)(F)F. The normalized spacial score (nSPS) is 15.4. The zero-order valence-electron chi connectivity index (χ0n) is 20.5. The third-order valence-electron chi connectivity index (χ3n) is 6.99. The summed E-state index contributed by atoms with van der Waals surface area (Å²) in [6.45, 7) is 1.11. The number of hydrogen-bond donors (Lipinski definition) is 2. The van der Waals surface area contributed by atoms with Crippen molar-refractivity contribution in [2.24, 2.45) is 5.73 Å².